The summed E-state index contributed by atoms with van der Waals surface area (Å²) in [4.78, 5) is 54.8. The van der Waals surface area contributed by atoms with E-state index in [9.17, 15) is 0 Å². The van der Waals surface area contributed by atoms with Gasteiger partial charge >= 0.3 is 0 Å². The maximum atomic E-state index is 18.3. The molecule has 0 spiro atoms. The van der Waals surface area contributed by atoms with E-state index < -0.39 is 10.8 Å². The summed E-state index contributed by atoms with van der Waals surface area (Å²) in [5.74, 6) is -0.326. The molecule has 2 aliphatic carbocycles. The zero-order valence-corrected chi connectivity index (χ0v) is 44.4. The van der Waals surface area contributed by atoms with Gasteiger partial charge in [0.15, 0.2) is 17.3 Å². The van der Waals surface area contributed by atoms with Crippen LogP contribution < -0.4 is 10.6 Å². The average Bonchev–Trinajstić information content (AvgIpc) is 3.51. The van der Waals surface area contributed by atoms with Crippen LogP contribution in [0.25, 0.3) is 11.1 Å². The number of rotatable bonds is 16. The maximum absolute atomic E-state index is 18.3. The quantitative estimate of drug-likeness (QED) is 0.106. The molecule has 74 heavy (non-hydrogen) atoms. The first-order chi connectivity index (χ1) is 36.1. The Morgan fingerprint density at radius 1 is 0.541 bits per heavy atom. The number of carbonyl (C=O) groups excluding carboxylic acids is 3. The van der Waals surface area contributed by atoms with Crippen molar-refractivity contribution in [3.8, 4) is 0 Å². The number of morpholine rings is 2. The Labute approximate surface area is 440 Å². The molecule has 0 aromatic heterocycles. The standard InChI is InChI=1S/C65H78N4O5/c1-45-15-11-23-53(47(45)3)55-39-59(51-21-13-27-66-43-51)64(25-29-68-31-35-73-36-32-68,41-57(55)61(70)49-17-7-5-8-18-49)63(72)65(26-30-69-33-37-74-38-34-69)42-58(62(71)50-19-9-6-10-20-50)56(54-24-12-16-46(2)48(54)4)40-60(65)52-22-14-28-67-44-52/h5-12,15-20,23-24,39-42,51-52,59-60,66-67H,13-14,21-22,25-38,43-44H2,1-4H3. The predicted molar refractivity (Wildman–Crippen MR) is 297 cm³/mol. The fourth-order valence-corrected chi connectivity index (χ4v) is 13.5. The minimum atomic E-state index is -1.16. The molecule has 0 saturated carbocycles. The molecule has 0 amide bonds. The van der Waals surface area contributed by atoms with E-state index in [4.69, 9.17) is 9.47 Å². The molecule has 9 nitrogen and oxygen atoms in total. The molecule has 4 heterocycles. The highest BCUT2D eigenvalue weighted by Crippen LogP contribution is 2.59. The van der Waals surface area contributed by atoms with Crippen LogP contribution in [-0.4, -0.2) is 119 Å². The summed E-state index contributed by atoms with van der Waals surface area (Å²) in [6, 6.07) is 32.2. The van der Waals surface area contributed by atoms with Crippen LogP contribution in [0.3, 0.4) is 0 Å². The normalized spacial score (nSPS) is 27.1. The van der Waals surface area contributed by atoms with Gasteiger partial charge in [-0.15, -0.1) is 0 Å². The number of nitrogens with zero attached hydrogens (tertiary/aromatic N) is 2. The molecule has 4 aliphatic heterocycles. The second-order valence-electron chi connectivity index (χ2n) is 22.2. The van der Waals surface area contributed by atoms with Crippen molar-refractivity contribution >= 4 is 28.5 Å². The Bertz CT molecular complexity index is 2600. The first-order valence-electron chi connectivity index (χ1n) is 27.9. The summed E-state index contributed by atoms with van der Waals surface area (Å²) >= 11 is 0. The number of allylic oxidation sites excluding steroid dienone is 8. The number of ether oxygens (including phenoxy) is 2. The van der Waals surface area contributed by atoms with Crippen molar-refractivity contribution in [2.24, 2.45) is 34.5 Å². The first-order valence-corrected chi connectivity index (χ1v) is 27.9. The number of benzene rings is 4. The molecule has 6 unspecified atom stereocenters. The number of piperidine rings is 2. The van der Waals surface area contributed by atoms with Crippen LogP contribution in [0.15, 0.2) is 133 Å². The predicted octanol–water partition coefficient (Wildman–Crippen LogP) is 10.3. The number of ketones is 3. The van der Waals surface area contributed by atoms with Gasteiger partial charge in [-0.3, -0.25) is 24.2 Å². The average molecular weight is 995 g/mol. The molecule has 6 atom stereocenters. The van der Waals surface area contributed by atoms with Crippen LogP contribution >= 0.6 is 0 Å². The zero-order valence-electron chi connectivity index (χ0n) is 44.4. The number of Topliss-reactive ketones (excluding diaryl/α,β-unsaturated/α-hetero) is 3. The molecule has 9 heteroatoms. The van der Waals surface area contributed by atoms with E-state index in [1.54, 1.807) is 0 Å². The Balaban J connectivity index is 1.28. The van der Waals surface area contributed by atoms with Crippen LogP contribution in [0.1, 0.15) is 92.6 Å². The lowest BCUT2D eigenvalue weighted by atomic mass is 9.49. The van der Waals surface area contributed by atoms with E-state index in [0.717, 1.165) is 123 Å². The third kappa shape index (κ3) is 10.6. The van der Waals surface area contributed by atoms with E-state index >= 15 is 14.4 Å². The number of hydrogen-bond donors (Lipinski definition) is 2. The van der Waals surface area contributed by atoms with Crippen molar-refractivity contribution in [3.63, 3.8) is 0 Å². The molecular formula is C65H78N4O5. The summed E-state index contributed by atoms with van der Waals surface area (Å²) in [7, 11) is 0. The molecule has 4 aromatic rings. The maximum Gasteiger partial charge on any atom is 0.193 e. The highest BCUT2D eigenvalue weighted by atomic mass is 16.5. The van der Waals surface area contributed by atoms with Gasteiger partial charge in [0.05, 0.1) is 37.3 Å². The molecule has 4 fully saturated rings. The van der Waals surface area contributed by atoms with E-state index in [2.05, 4.69) is 109 Å². The van der Waals surface area contributed by atoms with Gasteiger partial charge in [-0.05, 0) is 174 Å². The number of aryl methyl sites for hydroxylation is 2. The summed E-state index contributed by atoms with van der Waals surface area (Å²) in [6.07, 6.45) is 14.2. The molecule has 388 valence electrons. The monoisotopic (exact) mass is 995 g/mol. The van der Waals surface area contributed by atoms with Crippen molar-refractivity contribution in [1.29, 1.82) is 0 Å². The lowest BCUT2D eigenvalue weighted by Gasteiger charge is -2.53. The molecule has 6 aliphatic rings. The fraction of sp³-hybridized carbons (Fsp3) is 0.462. The number of hydrogen-bond acceptors (Lipinski definition) is 9. The molecule has 0 radical (unpaired) electrons. The van der Waals surface area contributed by atoms with Crippen molar-refractivity contribution in [3.05, 3.63) is 177 Å². The van der Waals surface area contributed by atoms with Crippen LogP contribution in [0.5, 0.6) is 0 Å². The van der Waals surface area contributed by atoms with Gasteiger partial charge in [0.2, 0.25) is 0 Å². The van der Waals surface area contributed by atoms with Gasteiger partial charge in [-0.2, -0.15) is 0 Å². The van der Waals surface area contributed by atoms with Gasteiger partial charge < -0.3 is 20.1 Å². The number of nitrogens with one attached hydrogen (secondary N) is 2. The Morgan fingerprint density at radius 2 is 0.946 bits per heavy atom. The minimum absolute atomic E-state index is 0.0758. The van der Waals surface area contributed by atoms with Crippen molar-refractivity contribution < 1.29 is 23.9 Å². The molecule has 0 bridgehead atoms. The van der Waals surface area contributed by atoms with Crippen LogP contribution in [0.4, 0.5) is 0 Å². The van der Waals surface area contributed by atoms with Gasteiger partial charge in [-0.25, -0.2) is 0 Å². The first kappa shape index (κ1) is 52.1. The smallest absolute Gasteiger partial charge is 0.193 e. The van der Waals surface area contributed by atoms with Crippen LogP contribution in [-0.2, 0) is 14.3 Å². The second kappa shape index (κ2) is 23.2. The Kier molecular flexibility index (Phi) is 16.4. The van der Waals surface area contributed by atoms with Crippen LogP contribution in [0.2, 0.25) is 0 Å². The third-order valence-corrected chi connectivity index (χ3v) is 18.0. The molecular weight excluding hydrogens is 917 g/mol. The number of carbonyl (C=O) groups is 3. The van der Waals surface area contributed by atoms with Gasteiger partial charge in [0.25, 0.3) is 0 Å². The largest absolute Gasteiger partial charge is 0.379 e. The summed E-state index contributed by atoms with van der Waals surface area (Å²) in [5.41, 5.74) is 8.55. The summed E-state index contributed by atoms with van der Waals surface area (Å²) in [6.45, 7) is 19.0. The summed E-state index contributed by atoms with van der Waals surface area (Å²) in [5, 5.41) is 7.59. The topological polar surface area (TPSA) is 100 Å². The molecule has 2 N–H and O–H groups in total. The van der Waals surface area contributed by atoms with Gasteiger partial charge in [0, 0.05) is 48.5 Å². The van der Waals surface area contributed by atoms with Crippen molar-refractivity contribution in [1.82, 2.24) is 20.4 Å². The Hall–Kier alpha value is -5.39. The van der Waals surface area contributed by atoms with Crippen molar-refractivity contribution in [2.45, 2.75) is 66.2 Å². The zero-order chi connectivity index (χ0) is 51.2. The lowest BCUT2D eigenvalue weighted by molar-refractivity contribution is -0.142. The molecule has 10 rings (SSSR count). The second-order valence-corrected chi connectivity index (χ2v) is 22.2. The van der Waals surface area contributed by atoms with Crippen molar-refractivity contribution in [2.75, 3.05) is 91.9 Å². The Morgan fingerprint density at radius 3 is 1.32 bits per heavy atom. The van der Waals surface area contributed by atoms with E-state index in [0.29, 0.717) is 74.6 Å². The fourth-order valence-electron chi connectivity index (χ4n) is 13.5. The highest BCUT2D eigenvalue weighted by molar-refractivity contribution is 6.22. The van der Waals surface area contributed by atoms with Crippen LogP contribution in [0, 0.1) is 62.2 Å². The van der Waals surface area contributed by atoms with Gasteiger partial charge in [0.1, 0.15) is 0 Å². The summed E-state index contributed by atoms with van der Waals surface area (Å²) < 4.78 is 11.9. The SMILES string of the molecule is Cc1cccc(C2=CC(C3CCCNC3)C(CCN3CCOCC3)(C(=O)C3(CCN4CCOCC4)C=C(C(=O)c4ccccc4)C(c4cccc(C)c4C)=CC3C3CCCNC3)C=C2C(=O)c2ccccc2)c1C. The highest BCUT2D eigenvalue weighted by Gasteiger charge is 2.59. The molecule has 4 aromatic carbocycles. The molecule has 4 saturated heterocycles. The minimum Gasteiger partial charge on any atom is -0.379 e. The van der Waals surface area contributed by atoms with E-state index in [1.165, 1.54) is 0 Å². The lowest BCUT2D eigenvalue weighted by Crippen LogP contribution is -2.57. The third-order valence-electron chi connectivity index (χ3n) is 18.0. The van der Waals surface area contributed by atoms with E-state index in [1.807, 2.05) is 60.7 Å². The van der Waals surface area contributed by atoms with Gasteiger partial charge in [-0.1, -0.05) is 121 Å². The van der Waals surface area contributed by atoms with E-state index in [-0.39, 0.29) is 41.0 Å².